The van der Waals surface area contributed by atoms with Gasteiger partial charge in [-0.15, -0.1) is 0 Å². The van der Waals surface area contributed by atoms with Crippen LogP contribution in [0.2, 0.25) is 0 Å². The average Bonchev–Trinajstić information content (AvgIpc) is 2.34. The Hall–Kier alpha value is -2.25. The van der Waals surface area contributed by atoms with Crippen LogP contribution in [0.3, 0.4) is 0 Å². The van der Waals surface area contributed by atoms with Gasteiger partial charge in [0.05, 0.1) is 12.0 Å². The molecule has 1 rings (SSSR count). The van der Waals surface area contributed by atoms with Crippen LogP contribution in [0, 0.1) is 0 Å². The van der Waals surface area contributed by atoms with Gasteiger partial charge in [-0.3, -0.25) is 4.79 Å². The maximum atomic E-state index is 12.7. The summed E-state index contributed by atoms with van der Waals surface area (Å²) >= 11 is 0. The highest BCUT2D eigenvalue weighted by atomic mass is 19.4. The Morgan fingerprint density at radius 2 is 1.90 bits per heavy atom. The van der Waals surface area contributed by atoms with Crippen LogP contribution in [-0.4, -0.2) is 23.1 Å². The number of carbonyl (C=O) groups excluding carboxylic acids is 1. The third-order valence-electron chi connectivity index (χ3n) is 2.62. The van der Waals surface area contributed by atoms with Crippen LogP contribution in [0.1, 0.15) is 24.5 Å². The number of carboxylic acid groups (broad SMARTS) is 1. The molecule has 5 nitrogen and oxygen atoms in total. The molecule has 0 fully saturated rings. The van der Waals surface area contributed by atoms with E-state index in [2.05, 4.69) is 10.6 Å². The van der Waals surface area contributed by atoms with Gasteiger partial charge in [0, 0.05) is 12.6 Å². The van der Waals surface area contributed by atoms with Crippen molar-refractivity contribution in [1.29, 1.82) is 0 Å². The number of carboxylic acids is 1. The van der Waals surface area contributed by atoms with Crippen molar-refractivity contribution in [2.24, 2.45) is 0 Å². The molecule has 0 aliphatic heterocycles. The fraction of sp³-hybridized carbons (Fsp3) is 0.385. The molecule has 1 unspecified atom stereocenters. The van der Waals surface area contributed by atoms with Gasteiger partial charge in [0.15, 0.2) is 0 Å². The molecule has 0 aliphatic carbocycles. The van der Waals surface area contributed by atoms with Crippen LogP contribution in [0.25, 0.3) is 0 Å². The number of aliphatic carboxylic acids is 1. The molecule has 0 saturated carbocycles. The van der Waals surface area contributed by atoms with Gasteiger partial charge < -0.3 is 15.7 Å². The van der Waals surface area contributed by atoms with E-state index in [0.29, 0.717) is 0 Å². The Bertz CT molecular complexity index is 518. The molecule has 0 saturated heterocycles. The number of amides is 2. The fourth-order valence-corrected chi connectivity index (χ4v) is 1.71. The zero-order valence-electron chi connectivity index (χ0n) is 11.2. The fourth-order valence-electron chi connectivity index (χ4n) is 1.71. The molecule has 0 aliphatic rings. The minimum atomic E-state index is -4.49. The topological polar surface area (TPSA) is 78.4 Å². The number of carbonyl (C=O) groups is 2. The molecule has 0 heterocycles. The Labute approximate surface area is 119 Å². The van der Waals surface area contributed by atoms with Crippen LogP contribution in [0.4, 0.5) is 18.0 Å². The van der Waals surface area contributed by atoms with E-state index in [1.54, 1.807) is 0 Å². The van der Waals surface area contributed by atoms with Crippen molar-refractivity contribution in [1.82, 2.24) is 10.6 Å². The summed E-state index contributed by atoms with van der Waals surface area (Å²) in [5.41, 5.74) is -0.880. The molecule has 3 N–H and O–H groups in total. The third kappa shape index (κ3) is 5.72. The number of urea groups is 1. The molecule has 8 heteroatoms. The van der Waals surface area contributed by atoms with Gasteiger partial charge in [0.1, 0.15) is 0 Å². The van der Waals surface area contributed by atoms with Gasteiger partial charge in [-0.25, -0.2) is 4.79 Å². The van der Waals surface area contributed by atoms with Gasteiger partial charge in [-0.05, 0) is 18.6 Å². The molecule has 0 aromatic heterocycles. The number of rotatable bonds is 5. The first-order chi connectivity index (χ1) is 9.70. The maximum Gasteiger partial charge on any atom is 0.416 e. The second kappa shape index (κ2) is 6.96. The quantitative estimate of drug-likeness (QED) is 0.781. The van der Waals surface area contributed by atoms with Crippen molar-refractivity contribution in [2.75, 3.05) is 0 Å². The minimum Gasteiger partial charge on any atom is -0.481 e. The van der Waals surface area contributed by atoms with Crippen molar-refractivity contribution >= 4 is 12.0 Å². The lowest BCUT2D eigenvalue weighted by atomic mass is 10.1. The van der Waals surface area contributed by atoms with Crippen LogP contribution >= 0.6 is 0 Å². The number of benzene rings is 1. The van der Waals surface area contributed by atoms with Gasteiger partial charge in [-0.1, -0.05) is 18.2 Å². The van der Waals surface area contributed by atoms with E-state index >= 15 is 0 Å². The summed E-state index contributed by atoms with van der Waals surface area (Å²) in [7, 11) is 0. The van der Waals surface area contributed by atoms with E-state index < -0.39 is 29.8 Å². The number of nitrogens with one attached hydrogen (secondary N) is 2. The van der Waals surface area contributed by atoms with Crippen LogP contribution in [-0.2, 0) is 17.5 Å². The van der Waals surface area contributed by atoms with Crippen LogP contribution < -0.4 is 10.6 Å². The lowest BCUT2D eigenvalue weighted by Crippen LogP contribution is -2.41. The summed E-state index contributed by atoms with van der Waals surface area (Å²) in [6.45, 7) is 1.18. The standard InChI is InChI=1S/C13H15F3N2O3/c1-8(6-11(19)20)18-12(21)17-7-9-4-2-3-5-10(9)13(14,15)16/h2-5,8H,6-7H2,1H3,(H,19,20)(H2,17,18,21). The van der Waals surface area contributed by atoms with Gasteiger partial charge in [0.25, 0.3) is 0 Å². The highest BCUT2D eigenvalue weighted by Crippen LogP contribution is 2.31. The SMILES string of the molecule is CC(CC(=O)O)NC(=O)NCc1ccccc1C(F)(F)F. The van der Waals surface area contributed by atoms with Crippen molar-refractivity contribution < 1.29 is 27.9 Å². The molecule has 116 valence electrons. The smallest absolute Gasteiger partial charge is 0.416 e. The summed E-state index contributed by atoms with van der Waals surface area (Å²) in [5.74, 6) is -1.08. The molecule has 21 heavy (non-hydrogen) atoms. The van der Waals surface area contributed by atoms with E-state index in [1.165, 1.54) is 25.1 Å². The predicted molar refractivity (Wildman–Crippen MR) is 68.5 cm³/mol. The van der Waals surface area contributed by atoms with E-state index in [-0.39, 0.29) is 18.5 Å². The lowest BCUT2D eigenvalue weighted by Gasteiger charge is -2.15. The summed E-state index contributed by atoms with van der Waals surface area (Å²) in [6, 6.07) is 3.56. The van der Waals surface area contributed by atoms with Gasteiger partial charge in [-0.2, -0.15) is 13.2 Å². The molecule has 0 spiro atoms. The first-order valence-corrected chi connectivity index (χ1v) is 6.11. The molecule has 0 bridgehead atoms. The third-order valence-corrected chi connectivity index (χ3v) is 2.62. The molecule has 1 aromatic carbocycles. The lowest BCUT2D eigenvalue weighted by molar-refractivity contribution is -0.138. The van der Waals surface area contributed by atoms with E-state index in [0.717, 1.165) is 6.07 Å². The highest BCUT2D eigenvalue weighted by Gasteiger charge is 2.32. The monoisotopic (exact) mass is 304 g/mol. The Balaban J connectivity index is 2.60. The van der Waals surface area contributed by atoms with Crippen molar-refractivity contribution in [3.05, 3.63) is 35.4 Å². The Morgan fingerprint density at radius 1 is 1.29 bits per heavy atom. The summed E-state index contributed by atoms with van der Waals surface area (Å²) in [5, 5.41) is 13.1. The number of halogens is 3. The normalized spacial score (nSPS) is 12.6. The zero-order valence-corrected chi connectivity index (χ0v) is 11.2. The number of hydrogen-bond acceptors (Lipinski definition) is 2. The predicted octanol–water partition coefficient (Wildman–Crippen LogP) is 2.37. The minimum absolute atomic E-state index is 0.0639. The van der Waals surface area contributed by atoms with Crippen LogP contribution in [0.15, 0.2) is 24.3 Å². The summed E-state index contributed by atoms with van der Waals surface area (Å²) < 4.78 is 38.2. The van der Waals surface area contributed by atoms with Crippen molar-refractivity contribution in [3.63, 3.8) is 0 Å². The second-order valence-corrected chi connectivity index (χ2v) is 4.48. The molecule has 1 atom stereocenters. The molecule has 1 aromatic rings. The first kappa shape index (κ1) is 16.8. The molecular weight excluding hydrogens is 289 g/mol. The van der Waals surface area contributed by atoms with Gasteiger partial charge in [0.2, 0.25) is 0 Å². The highest BCUT2D eigenvalue weighted by molar-refractivity contribution is 5.75. The Kier molecular flexibility index (Phi) is 5.57. The summed E-state index contributed by atoms with van der Waals surface area (Å²) in [4.78, 5) is 21.9. The molecule has 0 radical (unpaired) electrons. The van der Waals surface area contributed by atoms with Crippen molar-refractivity contribution in [3.8, 4) is 0 Å². The number of alkyl halides is 3. The van der Waals surface area contributed by atoms with E-state index in [1.807, 2.05) is 0 Å². The van der Waals surface area contributed by atoms with E-state index in [9.17, 15) is 22.8 Å². The largest absolute Gasteiger partial charge is 0.481 e. The maximum absolute atomic E-state index is 12.7. The van der Waals surface area contributed by atoms with Crippen molar-refractivity contribution in [2.45, 2.75) is 32.1 Å². The second-order valence-electron chi connectivity index (χ2n) is 4.48. The van der Waals surface area contributed by atoms with Crippen LogP contribution in [0.5, 0.6) is 0 Å². The molecule has 2 amide bonds. The Morgan fingerprint density at radius 3 is 2.48 bits per heavy atom. The zero-order chi connectivity index (χ0) is 16.0. The summed E-state index contributed by atoms with van der Waals surface area (Å²) in [6.07, 6.45) is -4.77. The average molecular weight is 304 g/mol. The first-order valence-electron chi connectivity index (χ1n) is 6.11. The number of hydrogen-bond donors (Lipinski definition) is 3. The van der Waals surface area contributed by atoms with E-state index in [4.69, 9.17) is 5.11 Å². The van der Waals surface area contributed by atoms with Gasteiger partial charge >= 0.3 is 18.2 Å². The molecular formula is C13H15F3N2O3.